The normalized spacial score (nSPS) is 25.7. The van der Waals surface area contributed by atoms with Gasteiger partial charge in [-0.3, -0.25) is 4.79 Å². The Balaban J connectivity index is 1.19. The first-order valence-electron chi connectivity index (χ1n) is 14.7. The molecule has 37 heavy (non-hydrogen) atoms. The largest absolute Gasteiger partial charge is 0.495 e. The van der Waals surface area contributed by atoms with Gasteiger partial charge in [-0.25, -0.2) is 0 Å². The summed E-state index contributed by atoms with van der Waals surface area (Å²) in [7, 11) is -0.589. The van der Waals surface area contributed by atoms with Crippen LogP contribution in [-0.4, -0.2) is 60.5 Å². The highest BCUT2D eigenvalue weighted by molar-refractivity contribution is 7.09. The molecule has 1 aromatic rings. The maximum atomic E-state index is 12.4. The maximum absolute atomic E-state index is 12.4. The lowest BCUT2D eigenvalue weighted by atomic mass is 9.78. The van der Waals surface area contributed by atoms with Gasteiger partial charge in [0.15, 0.2) is 6.23 Å². The van der Waals surface area contributed by atoms with Gasteiger partial charge in [0.25, 0.3) is 0 Å². The Bertz CT molecular complexity index is 736. The zero-order valence-corrected chi connectivity index (χ0v) is 23.5. The Hall–Kier alpha value is -0.965. The quantitative estimate of drug-likeness (QED) is 0.186. The number of rotatable bonds is 18. The number of amides is 1. The van der Waals surface area contributed by atoms with E-state index in [2.05, 4.69) is 12.2 Å². The molecule has 0 spiro atoms. The van der Waals surface area contributed by atoms with Gasteiger partial charge in [-0.15, -0.1) is 0 Å². The fraction of sp³-hybridized carbons (Fsp3) is 0.821. The number of aliphatic hydroxyl groups is 2. The van der Waals surface area contributed by atoms with Crippen molar-refractivity contribution in [2.75, 3.05) is 6.61 Å². The third kappa shape index (κ3) is 10.6. The van der Waals surface area contributed by atoms with E-state index < -0.39 is 37.8 Å². The minimum atomic E-state index is -1.26. The van der Waals surface area contributed by atoms with E-state index in [-0.39, 0.29) is 12.5 Å². The van der Waals surface area contributed by atoms with Gasteiger partial charge in [-0.1, -0.05) is 103 Å². The molecule has 2 saturated heterocycles. The maximum Gasteiger partial charge on any atom is 0.495 e. The summed E-state index contributed by atoms with van der Waals surface area (Å²) in [5, 5.41) is 27.8. The molecule has 0 unspecified atom stereocenters. The molecule has 2 aliphatic heterocycles. The molecule has 0 saturated carbocycles. The van der Waals surface area contributed by atoms with E-state index in [9.17, 15) is 15.0 Å². The fourth-order valence-corrected chi connectivity index (χ4v) is 5.86. The van der Waals surface area contributed by atoms with Crippen molar-refractivity contribution in [3.05, 3.63) is 16.8 Å². The second-order valence-electron chi connectivity index (χ2n) is 10.7. The highest BCUT2D eigenvalue weighted by atomic mass is 32.1. The molecule has 1 aromatic heterocycles. The van der Waals surface area contributed by atoms with Crippen LogP contribution in [0.3, 0.4) is 0 Å². The van der Waals surface area contributed by atoms with Crippen LogP contribution in [0.5, 0.6) is 0 Å². The van der Waals surface area contributed by atoms with Crippen molar-refractivity contribution in [3.63, 3.8) is 0 Å². The first-order chi connectivity index (χ1) is 18.1. The van der Waals surface area contributed by atoms with E-state index in [0.717, 1.165) is 24.7 Å². The van der Waals surface area contributed by atoms with Gasteiger partial charge in [0.05, 0.1) is 6.61 Å². The van der Waals surface area contributed by atoms with E-state index in [0.29, 0.717) is 6.42 Å². The van der Waals surface area contributed by atoms with Crippen LogP contribution in [0.2, 0.25) is 0 Å². The van der Waals surface area contributed by atoms with Crippen LogP contribution < -0.4 is 10.8 Å². The van der Waals surface area contributed by atoms with Crippen LogP contribution in [-0.2, 0) is 18.8 Å². The van der Waals surface area contributed by atoms with Crippen molar-refractivity contribution in [3.8, 4) is 0 Å². The van der Waals surface area contributed by atoms with E-state index in [4.69, 9.17) is 14.0 Å². The fourth-order valence-electron chi connectivity index (χ4n) is 5.20. The highest BCUT2D eigenvalue weighted by Crippen LogP contribution is 2.27. The van der Waals surface area contributed by atoms with Crippen LogP contribution >= 0.6 is 11.3 Å². The molecular formula is C28H48BNO6S. The van der Waals surface area contributed by atoms with E-state index >= 15 is 0 Å². The van der Waals surface area contributed by atoms with Crippen LogP contribution in [0.25, 0.3) is 0 Å². The summed E-state index contributed by atoms with van der Waals surface area (Å²) in [6.45, 7) is 2.49. The molecule has 3 N–H and O–H groups in total. The van der Waals surface area contributed by atoms with Crippen LogP contribution in [0.4, 0.5) is 0 Å². The molecule has 9 heteroatoms. The number of hydrogen-bond donors (Lipinski definition) is 3. The lowest BCUT2D eigenvalue weighted by Crippen LogP contribution is -2.67. The van der Waals surface area contributed by atoms with Crippen molar-refractivity contribution in [1.29, 1.82) is 0 Å². The highest BCUT2D eigenvalue weighted by Gasteiger charge is 2.50. The van der Waals surface area contributed by atoms with Crippen molar-refractivity contribution in [2.24, 2.45) is 0 Å². The zero-order chi connectivity index (χ0) is 26.3. The van der Waals surface area contributed by atoms with E-state index in [1.165, 1.54) is 88.4 Å². The average molecular weight is 538 g/mol. The summed E-state index contributed by atoms with van der Waals surface area (Å²) in [4.78, 5) is 12.4. The van der Waals surface area contributed by atoms with Gasteiger partial charge in [0, 0.05) is 6.42 Å². The molecular weight excluding hydrogens is 489 g/mol. The molecule has 0 bridgehead atoms. The van der Waals surface area contributed by atoms with Crippen molar-refractivity contribution in [1.82, 2.24) is 5.32 Å². The molecule has 3 rings (SSSR count). The number of ether oxygens (including phenoxy) is 1. The molecule has 3 heterocycles. The molecule has 210 valence electrons. The predicted octanol–water partition coefficient (Wildman–Crippen LogP) is 4.68. The van der Waals surface area contributed by atoms with Crippen molar-refractivity contribution < 1.29 is 29.1 Å². The third-order valence-corrected chi connectivity index (χ3v) is 8.20. The minimum Gasteiger partial charge on any atom is -0.404 e. The second kappa shape index (κ2) is 17.6. The van der Waals surface area contributed by atoms with Gasteiger partial charge in [0.1, 0.15) is 24.4 Å². The Labute approximate surface area is 227 Å². The van der Waals surface area contributed by atoms with Gasteiger partial charge >= 0.3 is 7.12 Å². The van der Waals surface area contributed by atoms with E-state index in [1.807, 2.05) is 16.8 Å². The molecule has 1 amide bonds. The van der Waals surface area contributed by atoms with Crippen molar-refractivity contribution in [2.45, 2.75) is 140 Å². The zero-order valence-electron chi connectivity index (χ0n) is 22.7. The van der Waals surface area contributed by atoms with Gasteiger partial charge in [0.2, 0.25) is 5.91 Å². The number of fused-ring (bicyclic) bond motifs is 1. The smallest absolute Gasteiger partial charge is 0.404 e. The van der Waals surface area contributed by atoms with Gasteiger partial charge in [-0.2, -0.15) is 11.3 Å². The summed E-state index contributed by atoms with van der Waals surface area (Å²) < 4.78 is 17.5. The number of unbranched alkanes of at least 4 members (excludes halogenated alkanes) is 14. The standard InChI is InChI=1S/C28H48BNO6S/c1-2-3-4-5-6-7-8-9-10-11-12-13-14-15-16-17-24(31)30-28-26(33)25(32)27-23(35-28)20-34-29(36-27)22-18-19-37-21-22/h18-19,21,23,25-28,32-33H,2-17,20H2,1H3,(H,30,31)/t23-,25-,26-,27-,28-/m1/s1. The summed E-state index contributed by atoms with van der Waals surface area (Å²) in [6.07, 6.45) is 15.0. The first-order valence-corrected chi connectivity index (χ1v) is 15.6. The summed E-state index contributed by atoms with van der Waals surface area (Å²) in [5.41, 5.74) is 0.879. The number of carbonyl (C=O) groups is 1. The second-order valence-corrected chi connectivity index (χ2v) is 11.4. The van der Waals surface area contributed by atoms with Crippen molar-refractivity contribution >= 4 is 29.8 Å². The number of thiophene rings is 1. The van der Waals surface area contributed by atoms with Gasteiger partial charge < -0.3 is 29.6 Å². The number of aliphatic hydroxyl groups excluding tert-OH is 2. The molecule has 7 nitrogen and oxygen atoms in total. The topological polar surface area (TPSA) is 97.3 Å². The van der Waals surface area contributed by atoms with Gasteiger partial charge in [-0.05, 0) is 22.6 Å². The Morgan fingerprint density at radius 1 is 0.946 bits per heavy atom. The van der Waals surface area contributed by atoms with E-state index in [1.54, 1.807) is 0 Å². The Morgan fingerprint density at radius 3 is 2.11 bits per heavy atom. The molecule has 5 atom stereocenters. The Morgan fingerprint density at radius 2 is 1.54 bits per heavy atom. The molecule has 2 fully saturated rings. The molecule has 0 aliphatic carbocycles. The third-order valence-electron chi connectivity index (χ3n) is 7.50. The first kappa shape index (κ1) is 30.6. The average Bonchev–Trinajstić information content (AvgIpc) is 3.44. The number of carbonyl (C=O) groups excluding carboxylic acids is 1. The molecule has 0 radical (unpaired) electrons. The Kier molecular flexibility index (Phi) is 14.5. The number of hydrogen-bond acceptors (Lipinski definition) is 7. The lowest BCUT2D eigenvalue weighted by Gasteiger charge is -2.46. The monoisotopic (exact) mass is 537 g/mol. The molecule has 2 aliphatic rings. The predicted molar refractivity (Wildman–Crippen MR) is 149 cm³/mol. The minimum absolute atomic E-state index is 0.168. The summed E-state index contributed by atoms with van der Waals surface area (Å²) in [6, 6.07) is 1.91. The van der Waals surface area contributed by atoms with Crippen LogP contribution in [0.1, 0.15) is 110 Å². The number of nitrogens with one attached hydrogen (secondary N) is 1. The van der Waals surface area contributed by atoms with Crippen LogP contribution in [0, 0.1) is 0 Å². The summed E-state index contributed by atoms with van der Waals surface area (Å²) in [5.74, 6) is -0.168. The SMILES string of the molecule is CCCCCCCCCCCCCCCCCC(=O)N[C@@H]1O[C@@H]2COB(c3ccsc3)O[C@H]2[C@H](O)[C@H]1O. The van der Waals surface area contributed by atoms with Crippen LogP contribution in [0.15, 0.2) is 16.8 Å². The lowest BCUT2D eigenvalue weighted by molar-refractivity contribution is -0.242. The summed E-state index contributed by atoms with van der Waals surface area (Å²) >= 11 is 1.54. The molecule has 0 aromatic carbocycles.